The largest absolute Gasteiger partial charge is 0.331 e. The van der Waals surface area contributed by atoms with E-state index in [0.29, 0.717) is 17.9 Å². The summed E-state index contributed by atoms with van der Waals surface area (Å²) in [6.45, 7) is 7.57. The summed E-state index contributed by atoms with van der Waals surface area (Å²) in [7, 11) is 0. The van der Waals surface area contributed by atoms with E-state index in [-0.39, 0.29) is 0 Å². The van der Waals surface area contributed by atoms with Crippen molar-refractivity contribution in [3.05, 3.63) is 18.2 Å². The van der Waals surface area contributed by atoms with Crippen LogP contribution in [-0.4, -0.2) is 16.1 Å². The summed E-state index contributed by atoms with van der Waals surface area (Å²) < 4.78 is 2.39. The summed E-state index contributed by atoms with van der Waals surface area (Å²) in [5.41, 5.74) is 5.94. The smallest absolute Gasteiger partial charge is 0.111 e. The molecule has 1 aromatic heterocycles. The van der Waals surface area contributed by atoms with Gasteiger partial charge in [0.25, 0.3) is 0 Å². The van der Waals surface area contributed by atoms with Crippen LogP contribution in [0.3, 0.4) is 0 Å². The van der Waals surface area contributed by atoms with Gasteiger partial charge in [0.1, 0.15) is 5.82 Å². The third-order valence-electron chi connectivity index (χ3n) is 4.09. The van der Waals surface area contributed by atoms with Crippen LogP contribution in [0, 0.1) is 11.8 Å². The first-order chi connectivity index (χ1) is 8.13. The SMILES string of the molecule is CC1CCC(CN)C(n2ccnc2C(C)C)C1. The number of imidazole rings is 1. The molecule has 3 atom stereocenters. The van der Waals surface area contributed by atoms with Gasteiger partial charge in [-0.1, -0.05) is 27.2 Å². The molecule has 0 radical (unpaired) electrons. The zero-order valence-corrected chi connectivity index (χ0v) is 11.3. The summed E-state index contributed by atoms with van der Waals surface area (Å²) >= 11 is 0. The van der Waals surface area contributed by atoms with Crippen molar-refractivity contribution >= 4 is 0 Å². The fourth-order valence-electron chi connectivity index (χ4n) is 3.08. The van der Waals surface area contributed by atoms with Gasteiger partial charge in [-0.25, -0.2) is 4.98 Å². The van der Waals surface area contributed by atoms with Crippen molar-refractivity contribution in [1.29, 1.82) is 0 Å². The zero-order valence-electron chi connectivity index (χ0n) is 11.3. The van der Waals surface area contributed by atoms with Crippen molar-refractivity contribution in [2.24, 2.45) is 17.6 Å². The Bertz CT molecular complexity index is 356. The molecule has 0 spiro atoms. The number of nitrogens with two attached hydrogens (primary N) is 1. The molecule has 17 heavy (non-hydrogen) atoms. The topological polar surface area (TPSA) is 43.8 Å². The summed E-state index contributed by atoms with van der Waals surface area (Å²) in [6.07, 6.45) is 7.91. The molecule has 3 nitrogen and oxygen atoms in total. The molecule has 2 rings (SSSR count). The Morgan fingerprint density at radius 1 is 1.47 bits per heavy atom. The molecule has 0 aromatic carbocycles. The van der Waals surface area contributed by atoms with E-state index in [9.17, 15) is 0 Å². The van der Waals surface area contributed by atoms with Crippen molar-refractivity contribution in [3.8, 4) is 0 Å². The van der Waals surface area contributed by atoms with Gasteiger partial charge in [-0.05, 0) is 31.2 Å². The van der Waals surface area contributed by atoms with E-state index in [2.05, 4.69) is 36.5 Å². The summed E-state index contributed by atoms with van der Waals surface area (Å²) in [5, 5.41) is 0. The van der Waals surface area contributed by atoms with Crippen LogP contribution in [0.4, 0.5) is 0 Å². The minimum atomic E-state index is 0.487. The average molecular weight is 235 g/mol. The third kappa shape index (κ3) is 2.54. The second-order valence-electron chi connectivity index (χ2n) is 5.83. The molecule has 0 aliphatic heterocycles. The molecule has 1 aliphatic rings. The van der Waals surface area contributed by atoms with Crippen LogP contribution >= 0.6 is 0 Å². The molecule has 1 aromatic rings. The number of hydrogen-bond donors (Lipinski definition) is 1. The molecule has 0 saturated heterocycles. The van der Waals surface area contributed by atoms with E-state index in [1.165, 1.54) is 25.1 Å². The highest BCUT2D eigenvalue weighted by Crippen LogP contribution is 2.37. The van der Waals surface area contributed by atoms with Crippen molar-refractivity contribution < 1.29 is 0 Å². The van der Waals surface area contributed by atoms with E-state index in [1.807, 2.05) is 6.20 Å². The Morgan fingerprint density at radius 2 is 2.24 bits per heavy atom. The second kappa shape index (κ2) is 5.21. The molecule has 0 bridgehead atoms. The normalized spacial score (nSPS) is 29.8. The number of nitrogens with zero attached hydrogens (tertiary/aromatic N) is 2. The van der Waals surface area contributed by atoms with Gasteiger partial charge in [-0.2, -0.15) is 0 Å². The second-order valence-corrected chi connectivity index (χ2v) is 5.83. The first-order valence-electron chi connectivity index (χ1n) is 6.86. The van der Waals surface area contributed by atoms with Crippen LogP contribution in [0.1, 0.15) is 57.8 Å². The Kier molecular flexibility index (Phi) is 3.87. The monoisotopic (exact) mass is 235 g/mol. The van der Waals surface area contributed by atoms with Gasteiger partial charge in [0, 0.05) is 24.4 Å². The van der Waals surface area contributed by atoms with E-state index in [4.69, 9.17) is 5.73 Å². The van der Waals surface area contributed by atoms with Gasteiger partial charge >= 0.3 is 0 Å². The minimum Gasteiger partial charge on any atom is -0.331 e. The van der Waals surface area contributed by atoms with Crippen LogP contribution in [0.15, 0.2) is 12.4 Å². The zero-order chi connectivity index (χ0) is 12.4. The van der Waals surface area contributed by atoms with Gasteiger partial charge in [0.15, 0.2) is 0 Å². The Morgan fingerprint density at radius 3 is 2.88 bits per heavy atom. The molecule has 1 saturated carbocycles. The minimum absolute atomic E-state index is 0.487. The van der Waals surface area contributed by atoms with Crippen LogP contribution in [0.2, 0.25) is 0 Å². The number of aromatic nitrogens is 2. The molecule has 1 aliphatic carbocycles. The highest BCUT2D eigenvalue weighted by Gasteiger charge is 2.30. The number of rotatable bonds is 3. The van der Waals surface area contributed by atoms with Crippen LogP contribution in [0.25, 0.3) is 0 Å². The molecule has 96 valence electrons. The van der Waals surface area contributed by atoms with Gasteiger partial charge in [0.05, 0.1) is 0 Å². The van der Waals surface area contributed by atoms with Crippen LogP contribution in [0.5, 0.6) is 0 Å². The van der Waals surface area contributed by atoms with Crippen molar-refractivity contribution in [3.63, 3.8) is 0 Å². The first kappa shape index (κ1) is 12.6. The first-order valence-corrected chi connectivity index (χ1v) is 6.86. The van der Waals surface area contributed by atoms with Crippen molar-refractivity contribution in [2.45, 2.75) is 52.0 Å². The van der Waals surface area contributed by atoms with Gasteiger partial charge in [-0.15, -0.1) is 0 Å². The quantitative estimate of drug-likeness (QED) is 0.875. The average Bonchev–Trinajstić information content (AvgIpc) is 2.77. The number of hydrogen-bond acceptors (Lipinski definition) is 2. The summed E-state index contributed by atoms with van der Waals surface area (Å²) in [5.74, 6) is 3.13. The van der Waals surface area contributed by atoms with E-state index in [1.54, 1.807) is 0 Å². The molecular formula is C14H25N3. The van der Waals surface area contributed by atoms with Crippen molar-refractivity contribution in [2.75, 3.05) is 6.54 Å². The standard InChI is InChI=1S/C14H25N3/c1-10(2)14-16-6-7-17(14)13-8-11(3)4-5-12(13)9-15/h6-7,10-13H,4-5,8-9,15H2,1-3H3. The maximum Gasteiger partial charge on any atom is 0.111 e. The lowest BCUT2D eigenvalue weighted by Gasteiger charge is -2.36. The fourth-order valence-corrected chi connectivity index (χ4v) is 3.08. The predicted molar refractivity (Wildman–Crippen MR) is 70.9 cm³/mol. The fraction of sp³-hybridized carbons (Fsp3) is 0.786. The van der Waals surface area contributed by atoms with Crippen LogP contribution in [-0.2, 0) is 0 Å². The van der Waals surface area contributed by atoms with E-state index >= 15 is 0 Å². The van der Waals surface area contributed by atoms with Crippen molar-refractivity contribution in [1.82, 2.24) is 9.55 Å². The molecular weight excluding hydrogens is 210 g/mol. The van der Waals surface area contributed by atoms with Gasteiger partial charge < -0.3 is 10.3 Å². The highest BCUT2D eigenvalue weighted by molar-refractivity contribution is 5.02. The summed E-state index contributed by atoms with van der Waals surface area (Å²) in [4.78, 5) is 4.51. The molecule has 0 amide bonds. The van der Waals surface area contributed by atoms with Gasteiger partial charge in [-0.3, -0.25) is 0 Å². The maximum atomic E-state index is 5.94. The lowest BCUT2D eigenvalue weighted by atomic mass is 9.79. The molecule has 3 heteroatoms. The third-order valence-corrected chi connectivity index (χ3v) is 4.09. The van der Waals surface area contributed by atoms with Crippen LogP contribution < -0.4 is 5.73 Å². The van der Waals surface area contributed by atoms with E-state index in [0.717, 1.165) is 12.5 Å². The molecule has 2 N–H and O–H groups in total. The highest BCUT2D eigenvalue weighted by atomic mass is 15.1. The van der Waals surface area contributed by atoms with E-state index < -0.39 is 0 Å². The Labute approximate surface area is 104 Å². The molecule has 1 fully saturated rings. The Balaban J connectivity index is 2.25. The maximum absolute atomic E-state index is 5.94. The lowest BCUT2D eigenvalue weighted by Crippen LogP contribution is -2.32. The molecule has 3 unspecified atom stereocenters. The predicted octanol–water partition coefficient (Wildman–Crippen LogP) is 2.94. The Hall–Kier alpha value is -0.830. The van der Waals surface area contributed by atoms with Gasteiger partial charge in [0.2, 0.25) is 0 Å². The molecule has 1 heterocycles. The lowest BCUT2D eigenvalue weighted by molar-refractivity contribution is 0.193. The summed E-state index contributed by atoms with van der Waals surface area (Å²) in [6, 6.07) is 0.559.